The van der Waals surface area contributed by atoms with Crippen LogP contribution in [0.1, 0.15) is 61.4 Å². The number of hydrogen-bond donors (Lipinski definition) is 1. The maximum atomic E-state index is 13.6. The lowest BCUT2D eigenvalue weighted by Gasteiger charge is -2.33. The summed E-state index contributed by atoms with van der Waals surface area (Å²) < 4.78 is 26.6. The zero-order valence-corrected chi connectivity index (χ0v) is 20.7. The summed E-state index contributed by atoms with van der Waals surface area (Å²) >= 11 is 0. The lowest BCUT2D eigenvalue weighted by atomic mass is 9.95. The quantitative estimate of drug-likeness (QED) is 0.604. The molecule has 4 rings (SSSR count). The number of sulfonamides is 1. The van der Waals surface area contributed by atoms with Crippen molar-refractivity contribution in [1.82, 2.24) is 14.5 Å². The van der Waals surface area contributed by atoms with Crippen molar-refractivity contribution in [2.75, 3.05) is 6.54 Å². The molecule has 186 valence electrons. The summed E-state index contributed by atoms with van der Waals surface area (Å²) in [5.41, 5.74) is 0.862. The van der Waals surface area contributed by atoms with E-state index in [9.17, 15) is 22.8 Å². The van der Waals surface area contributed by atoms with Gasteiger partial charge in [-0.2, -0.15) is 0 Å². The summed E-state index contributed by atoms with van der Waals surface area (Å²) in [6.07, 6.45) is 5.45. The molecule has 3 amide bonds. The van der Waals surface area contributed by atoms with E-state index in [4.69, 9.17) is 0 Å². The van der Waals surface area contributed by atoms with Crippen LogP contribution >= 0.6 is 0 Å². The maximum absolute atomic E-state index is 13.6. The highest BCUT2D eigenvalue weighted by Gasteiger charge is 2.43. The lowest BCUT2D eigenvalue weighted by molar-refractivity contribution is -0.141. The molecule has 1 aliphatic heterocycles. The van der Waals surface area contributed by atoms with E-state index in [1.807, 2.05) is 37.3 Å². The standard InChI is InChI=1S/C26H31N3O5S/c1-2-22(25(31)27-20-13-7-4-8-14-20)28(17-19-11-5-3-6-12-19)24(30)18-29-26(32)21-15-9-10-16-23(21)35(29,33)34/h3,5-6,9-12,15-16,20,22H,2,4,7-8,13-14,17-18H2,1H3,(H,27,31)/t22-/m0/s1. The molecule has 0 aromatic heterocycles. The van der Waals surface area contributed by atoms with Gasteiger partial charge in [-0.05, 0) is 37.0 Å². The van der Waals surface area contributed by atoms with Crippen molar-refractivity contribution in [2.45, 2.75) is 69.0 Å². The first-order chi connectivity index (χ1) is 16.8. The Balaban J connectivity index is 1.59. The Bertz CT molecular complexity index is 1190. The topological polar surface area (TPSA) is 104 Å². The minimum atomic E-state index is -4.14. The van der Waals surface area contributed by atoms with E-state index in [-0.39, 0.29) is 29.0 Å². The van der Waals surface area contributed by atoms with Crippen molar-refractivity contribution in [1.29, 1.82) is 0 Å². The summed E-state index contributed by atoms with van der Waals surface area (Å²) in [6.45, 7) is 1.30. The minimum Gasteiger partial charge on any atom is -0.352 e. The van der Waals surface area contributed by atoms with Crippen LogP contribution < -0.4 is 5.32 Å². The average molecular weight is 498 g/mol. The van der Waals surface area contributed by atoms with Gasteiger partial charge in [-0.25, -0.2) is 12.7 Å². The molecule has 0 radical (unpaired) electrons. The molecule has 1 heterocycles. The van der Waals surface area contributed by atoms with Crippen molar-refractivity contribution in [3.8, 4) is 0 Å². The number of rotatable bonds is 8. The SMILES string of the molecule is CC[C@@H](C(=O)NC1CCCCC1)N(Cc1ccccc1)C(=O)CN1C(=O)c2ccccc2S1(=O)=O. The number of nitrogens with one attached hydrogen (secondary N) is 1. The summed E-state index contributed by atoms with van der Waals surface area (Å²) in [5.74, 6) is -1.57. The Labute approximate surface area is 206 Å². The van der Waals surface area contributed by atoms with Gasteiger partial charge in [0.05, 0.1) is 5.56 Å². The molecule has 1 fully saturated rings. The fourth-order valence-corrected chi connectivity index (χ4v) is 6.36. The smallest absolute Gasteiger partial charge is 0.269 e. The van der Waals surface area contributed by atoms with Gasteiger partial charge >= 0.3 is 0 Å². The van der Waals surface area contributed by atoms with Gasteiger partial charge < -0.3 is 10.2 Å². The molecule has 0 unspecified atom stereocenters. The number of benzene rings is 2. The van der Waals surface area contributed by atoms with Crippen LogP contribution in [0.5, 0.6) is 0 Å². The Morgan fingerprint density at radius 1 is 1.03 bits per heavy atom. The molecule has 1 aliphatic carbocycles. The Hall–Kier alpha value is -3.20. The van der Waals surface area contributed by atoms with E-state index in [2.05, 4.69) is 5.32 Å². The lowest BCUT2D eigenvalue weighted by Crippen LogP contribution is -2.53. The van der Waals surface area contributed by atoms with E-state index >= 15 is 0 Å². The van der Waals surface area contributed by atoms with Crippen molar-refractivity contribution in [3.05, 3.63) is 65.7 Å². The van der Waals surface area contributed by atoms with Crippen LogP contribution in [0.25, 0.3) is 0 Å². The van der Waals surface area contributed by atoms with Crippen molar-refractivity contribution in [3.63, 3.8) is 0 Å². The molecule has 35 heavy (non-hydrogen) atoms. The van der Waals surface area contributed by atoms with E-state index < -0.39 is 34.4 Å². The number of carbonyl (C=O) groups excluding carboxylic acids is 3. The molecule has 1 atom stereocenters. The molecular weight excluding hydrogens is 466 g/mol. The molecule has 8 nitrogen and oxygen atoms in total. The van der Waals surface area contributed by atoms with Crippen LogP contribution in [0.4, 0.5) is 0 Å². The number of fused-ring (bicyclic) bond motifs is 1. The summed E-state index contributed by atoms with van der Waals surface area (Å²) in [5, 5.41) is 3.09. The third-order valence-corrected chi connectivity index (χ3v) is 8.51. The molecular formula is C26H31N3O5S. The minimum absolute atomic E-state index is 0.0528. The van der Waals surface area contributed by atoms with Crippen LogP contribution in [-0.4, -0.2) is 54.0 Å². The Morgan fingerprint density at radius 2 is 1.69 bits per heavy atom. The van der Waals surface area contributed by atoms with Crippen LogP contribution in [0, 0.1) is 0 Å². The van der Waals surface area contributed by atoms with Gasteiger partial charge in [-0.1, -0.05) is 68.7 Å². The third kappa shape index (κ3) is 5.24. The highest BCUT2D eigenvalue weighted by molar-refractivity contribution is 7.90. The van der Waals surface area contributed by atoms with E-state index in [0.29, 0.717) is 10.7 Å². The fraction of sp³-hybridized carbons (Fsp3) is 0.423. The highest BCUT2D eigenvalue weighted by Crippen LogP contribution is 2.30. The molecule has 1 saturated carbocycles. The average Bonchev–Trinajstić information content (AvgIpc) is 3.06. The summed E-state index contributed by atoms with van der Waals surface area (Å²) in [4.78, 5) is 41.0. The molecule has 0 spiro atoms. The Morgan fingerprint density at radius 3 is 2.34 bits per heavy atom. The number of hydrogen-bond acceptors (Lipinski definition) is 5. The second-order valence-electron chi connectivity index (χ2n) is 9.09. The second-order valence-corrected chi connectivity index (χ2v) is 10.9. The highest BCUT2D eigenvalue weighted by atomic mass is 32.2. The number of carbonyl (C=O) groups is 3. The van der Waals surface area contributed by atoms with E-state index in [0.717, 1.165) is 37.7 Å². The molecule has 2 aromatic carbocycles. The zero-order valence-electron chi connectivity index (χ0n) is 19.9. The molecule has 0 saturated heterocycles. The van der Waals surface area contributed by atoms with Gasteiger partial charge in [0, 0.05) is 12.6 Å². The van der Waals surface area contributed by atoms with Gasteiger partial charge in [0.15, 0.2) is 0 Å². The molecule has 2 aromatic rings. The van der Waals surface area contributed by atoms with Gasteiger partial charge in [-0.3, -0.25) is 14.4 Å². The molecule has 0 bridgehead atoms. The molecule has 9 heteroatoms. The predicted octanol–water partition coefficient (Wildman–Crippen LogP) is 3.09. The summed E-state index contributed by atoms with van der Waals surface area (Å²) in [6, 6.07) is 14.4. The van der Waals surface area contributed by atoms with Crippen LogP contribution in [-0.2, 0) is 26.2 Å². The molecule has 2 aliphatic rings. The van der Waals surface area contributed by atoms with Crippen LogP contribution in [0.3, 0.4) is 0 Å². The van der Waals surface area contributed by atoms with Crippen LogP contribution in [0.2, 0.25) is 0 Å². The predicted molar refractivity (Wildman–Crippen MR) is 131 cm³/mol. The first-order valence-corrected chi connectivity index (χ1v) is 13.6. The third-order valence-electron chi connectivity index (χ3n) is 6.72. The van der Waals surface area contributed by atoms with Gasteiger partial charge in [0.1, 0.15) is 17.5 Å². The second kappa shape index (κ2) is 10.6. The van der Waals surface area contributed by atoms with Gasteiger partial charge in [-0.15, -0.1) is 0 Å². The number of amides is 3. The van der Waals surface area contributed by atoms with E-state index in [1.165, 1.54) is 17.0 Å². The summed E-state index contributed by atoms with van der Waals surface area (Å²) in [7, 11) is -4.14. The fourth-order valence-electron chi connectivity index (χ4n) is 4.84. The van der Waals surface area contributed by atoms with Crippen molar-refractivity contribution >= 4 is 27.7 Å². The van der Waals surface area contributed by atoms with Gasteiger partial charge in [0.25, 0.3) is 15.9 Å². The van der Waals surface area contributed by atoms with Gasteiger partial charge in [0.2, 0.25) is 11.8 Å². The van der Waals surface area contributed by atoms with Crippen molar-refractivity contribution in [2.24, 2.45) is 0 Å². The monoisotopic (exact) mass is 497 g/mol. The van der Waals surface area contributed by atoms with Crippen LogP contribution in [0.15, 0.2) is 59.5 Å². The molecule has 1 N–H and O–H groups in total. The largest absolute Gasteiger partial charge is 0.352 e. The van der Waals surface area contributed by atoms with Crippen molar-refractivity contribution < 1.29 is 22.8 Å². The maximum Gasteiger partial charge on any atom is 0.269 e. The first-order valence-electron chi connectivity index (χ1n) is 12.1. The zero-order chi connectivity index (χ0) is 25.0. The normalized spacial score (nSPS) is 18.1. The van der Waals surface area contributed by atoms with E-state index in [1.54, 1.807) is 12.1 Å². The first kappa shape index (κ1) is 24.9. The number of nitrogens with zero attached hydrogens (tertiary/aromatic N) is 2. The Kier molecular flexibility index (Phi) is 7.54.